The predicted molar refractivity (Wildman–Crippen MR) is 65.2 cm³/mol. The Labute approximate surface area is 99.1 Å². The molecule has 0 spiro atoms. The van der Waals surface area contributed by atoms with Gasteiger partial charge in [0, 0.05) is 5.33 Å². The summed E-state index contributed by atoms with van der Waals surface area (Å²) in [6.45, 7) is 2.07. The molecule has 15 heavy (non-hydrogen) atoms. The van der Waals surface area contributed by atoms with Crippen LogP contribution in [-0.4, -0.2) is 21.6 Å². The maximum atomic E-state index is 9.87. The van der Waals surface area contributed by atoms with E-state index < -0.39 is 12.2 Å². The van der Waals surface area contributed by atoms with E-state index >= 15 is 0 Å². The largest absolute Gasteiger partial charge is 0.390 e. The molecule has 3 heteroatoms. The van der Waals surface area contributed by atoms with Crippen LogP contribution in [0.15, 0.2) is 24.3 Å². The Kier molecular flexibility index (Phi) is 5.29. The molecule has 0 fully saturated rings. The molecule has 84 valence electrons. The number of benzene rings is 1. The van der Waals surface area contributed by atoms with Gasteiger partial charge in [-0.15, -0.1) is 0 Å². The maximum Gasteiger partial charge on any atom is 0.105 e. The van der Waals surface area contributed by atoms with Gasteiger partial charge in [-0.3, -0.25) is 0 Å². The highest BCUT2D eigenvalue weighted by Gasteiger charge is 2.17. The topological polar surface area (TPSA) is 40.5 Å². The molecule has 0 heterocycles. The van der Waals surface area contributed by atoms with Crippen molar-refractivity contribution in [1.29, 1.82) is 0 Å². The van der Waals surface area contributed by atoms with Crippen LogP contribution in [0, 0.1) is 0 Å². The third-order valence-corrected chi connectivity index (χ3v) is 2.93. The summed E-state index contributed by atoms with van der Waals surface area (Å²) in [5, 5.41) is 20.2. The average Bonchev–Trinajstić information content (AvgIpc) is 2.28. The van der Waals surface area contributed by atoms with Crippen molar-refractivity contribution in [3.63, 3.8) is 0 Å². The molecule has 1 aromatic carbocycles. The van der Waals surface area contributed by atoms with Gasteiger partial charge >= 0.3 is 0 Å². The van der Waals surface area contributed by atoms with E-state index in [0.717, 1.165) is 12.0 Å². The van der Waals surface area contributed by atoms with E-state index in [0.29, 0.717) is 11.8 Å². The zero-order valence-electron chi connectivity index (χ0n) is 8.86. The summed E-state index contributed by atoms with van der Waals surface area (Å²) < 4.78 is 0. The van der Waals surface area contributed by atoms with Crippen molar-refractivity contribution in [2.75, 3.05) is 5.33 Å². The first-order chi connectivity index (χ1) is 7.19. The minimum atomic E-state index is -0.783. The zero-order chi connectivity index (χ0) is 11.3. The van der Waals surface area contributed by atoms with Crippen LogP contribution in [0.5, 0.6) is 0 Å². The Balaban J connectivity index is 2.76. The van der Waals surface area contributed by atoms with Gasteiger partial charge in [0.2, 0.25) is 0 Å². The molecule has 0 aromatic heterocycles. The summed E-state index contributed by atoms with van der Waals surface area (Å²) in [7, 11) is 0. The van der Waals surface area contributed by atoms with Crippen LogP contribution >= 0.6 is 15.9 Å². The smallest absolute Gasteiger partial charge is 0.105 e. The van der Waals surface area contributed by atoms with Gasteiger partial charge in [-0.2, -0.15) is 0 Å². The van der Waals surface area contributed by atoms with Crippen LogP contribution in [0.2, 0.25) is 0 Å². The minimum Gasteiger partial charge on any atom is -0.390 e. The predicted octanol–water partition coefficient (Wildman–Crippen LogP) is 2.43. The molecule has 0 aliphatic carbocycles. The third-order valence-electron chi connectivity index (χ3n) is 2.47. The Bertz CT molecular complexity index is 301. The lowest BCUT2D eigenvalue weighted by Crippen LogP contribution is -2.18. The monoisotopic (exact) mass is 272 g/mol. The van der Waals surface area contributed by atoms with E-state index in [9.17, 15) is 10.2 Å². The van der Waals surface area contributed by atoms with Gasteiger partial charge in [-0.1, -0.05) is 47.1 Å². The Hall–Kier alpha value is -0.380. The molecular weight excluding hydrogens is 256 g/mol. The highest BCUT2D eigenvalue weighted by Crippen LogP contribution is 2.20. The molecular formula is C12H17BrO2. The molecule has 0 amide bonds. The summed E-state index contributed by atoms with van der Waals surface area (Å²) in [5.41, 5.74) is 1.97. The third kappa shape index (κ3) is 3.59. The lowest BCUT2D eigenvalue weighted by Gasteiger charge is -2.17. The molecule has 2 atom stereocenters. The van der Waals surface area contributed by atoms with Crippen molar-refractivity contribution in [3.8, 4) is 0 Å². The number of aryl methyl sites for hydroxylation is 1. The number of rotatable bonds is 5. The van der Waals surface area contributed by atoms with Crippen LogP contribution in [0.25, 0.3) is 0 Å². The number of alkyl halides is 1. The fraction of sp³-hybridized carbons (Fsp3) is 0.500. The van der Waals surface area contributed by atoms with Crippen molar-refractivity contribution in [2.45, 2.75) is 32.0 Å². The molecule has 0 radical (unpaired) electrons. The minimum absolute atomic E-state index is 0.553. The van der Waals surface area contributed by atoms with Gasteiger partial charge in [0.15, 0.2) is 0 Å². The highest BCUT2D eigenvalue weighted by atomic mass is 79.9. The van der Waals surface area contributed by atoms with Gasteiger partial charge in [-0.05, 0) is 24.0 Å². The second-order valence-corrected chi connectivity index (χ2v) is 4.38. The van der Waals surface area contributed by atoms with E-state index in [-0.39, 0.29) is 0 Å². The summed E-state index contributed by atoms with van der Waals surface area (Å²) in [6, 6.07) is 7.73. The average molecular weight is 273 g/mol. The SMILES string of the molecule is CCc1cccc(C(O)C(O)CCBr)c1. The lowest BCUT2D eigenvalue weighted by molar-refractivity contribution is 0.0173. The Morgan fingerprint density at radius 3 is 2.67 bits per heavy atom. The van der Waals surface area contributed by atoms with Crippen LogP contribution < -0.4 is 0 Å². The Morgan fingerprint density at radius 1 is 1.33 bits per heavy atom. The summed E-state index contributed by atoms with van der Waals surface area (Å²) in [6.07, 6.45) is 0.0117. The molecule has 0 bridgehead atoms. The first kappa shape index (κ1) is 12.7. The fourth-order valence-electron chi connectivity index (χ4n) is 1.49. The molecule has 2 nitrogen and oxygen atoms in total. The van der Waals surface area contributed by atoms with Crippen LogP contribution in [0.3, 0.4) is 0 Å². The fourth-order valence-corrected chi connectivity index (χ4v) is 1.96. The van der Waals surface area contributed by atoms with Crippen molar-refractivity contribution < 1.29 is 10.2 Å². The maximum absolute atomic E-state index is 9.87. The molecule has 0 aliphatic rings. The number of hydrogen-bond acceptors (Lipinski definition) is 2. The summed E-state index contributed by atoms with van der Waals surface area (Å²) >= 11 is 3.25. The molecule has 0 aliphatic heterocycles. The molecule has 2 N–H and O–H groups in total. The number of aliphatic hydroxyl groups excluding tert-OH is 2. The normalized spacial score (nSPS) is 14.9. The quantitative estimate of drug-likeness (QED) is 0.809. The van der Waals surface area contributed by atoms with Crippen molar-refractivity contribution >= 4 is 15.9 Å². The van der Waals surface area contributed by atoms with Crippen molar-refractivity contribution in [3.05, 3.63) is 35.4 Å². The van der Waals surface area contributed by atoms with Crippen LogP contribution in [0.1, 0.15) is 30.6 Å². The standard InChI is InChI=1S/C12H17BrO2/c1-2-9-4-3-5-10(8-9)12(15)11(14)6-7-13/h3-5,8,11-12,14-15H,2,6-7H2,1H3. The van der Waals surface area contributed by atoms with Crippen LogP contribution in [0.4, 0.5) is 0 Å². The second-order valence-electron chi connectivity index (χ2n) is 3.59. The van der Waals surface area contributed by atoms with Crippen LogP contribution in [-0.2, 0) is 6.42 Å². The van der Waals surface area contributed by atoms with E-state index in [4.69, 9.17) is 0 Å². The molecule has 1 rings (SSSR count). The van der Waals surface area contributed by atoms with Gasteiger partial charge in [0.1, 0.15) is 6.10 Å². The Morgan fingerprint density at radius 2 is 2.07 bits per heavy atom. The lowest BCUT2D eigenvalue weighted by atomic mass is 10.00. The van der Waals surface area contributed by atoms with Gasteiger partial charge < -0.3 is 10.2 Å². The van der Waals surface area contributed by atoms with E-state index in [1.54, 1.807) is 0 Å². The first-order valence-corrected chi connectivity index (χ1v) is 6.32. The van der Waals surface area contributed by atoms with E-state index in [2.05, 4.69) is 22.9 Å². The second kappa shape index (κ2) is 6.26. The molecule has 0 saturated carbocycles. The van der Waals surface area contributed by atoms with Gasteiger partial charge in [0.25, 0.3) is 0 Å². The van der Waals surface area contributed by atoms with Crippen molar-refractivity contribution in [2.24, 2.45) is 0 Å². The zero-order valence-corrected chi connectivity index (χ0v) is 10.4. The number of hydrogen-bond donors (Lipinski definition) is 2. The highest BCUT2D eigenvalue weighted by molar-refractivity contribution is 9.09. The molecule has 1 aromatic rings. The number of aliphatic hydroxyl groups is 2. The van der Waals surface area contributed by atoms with E-state index in [1.807, 2.05) is 24.3 Å². The summed E-state index contributed by atoms with van der Waals surface area (Å²) in [4.78, 5) is 0. The van der Waals surface area contributed by atoms with Crippen molar-refractivity contribution in [1.82, 2.24) is 0 Å². The van der Waals surface area contributed by atoms with E-state index in [1.165, 1.54) is 5.56 Å². The molecule has 0 saturated heterocycles. The van der Waals surface area contributed by atoms with Gasteiger partial charge in [-0.25, -0.2) is 0 Å². The summed E-state index contributed by atoms with van der Waals surface area (Å²) in [5.74, 6) is 0. The van der Waals surface area contributed by atoms with Gasteiger partial charge in [0.05, 0.1) is 6.10 Å². The molecule has 2 unspecified atom stereocenters. The first-order valence-electron chi connectivity index (χ1n) is 5.20. The number of halogens is 1.